The molecule has 0 radical (unpaired) electrons. The van der Waals surface area contributed by atoms with Gasteiger partial charge >= 0.3 is 0 Å². The Hall–Kier alpha value is -3.07. The lowest BCUT2D eigenvalue weighted by Gasteiger charge is -2.03. The summed E-state index contributed by atoms with van der Waals surface area (Å²) in [5.74, 6) is 0.639. The second-order valence-electron chi connectivity index (χ2n) is 5.10. The normalized spacial score (nSPS) is 10.6. The molecule has 0 bridgehead atoms. The van der Waals surface area contributed by atoms with Crippen LogP contribution < -0.4 is 0 Å². The quantitative estimate of drug-likeness (QED) is 0.290. The van der Waals surface area contributed by atoms with Crippen molar-refractivity contribution in [3.63, 3.8) is 0 Å². The summed E-state index contributed by atoms with van der Waals surface area (Å²) in [5, 5.41) is 19.4. The Morgan fingerprint density at radius 2 is 1.96 bits per heavy atom. The molecule has 1 aromatic carbocycles. The highest BCUT2D eigenvalue weighted by molar-refractivity contribution is 7.99. The molecule has 0 aliphatic rings. The number of pyridine rings is 1. The van der Waals surface area contributed by atoms with E-state index in [9.17, 15) is 14.9 Å². The monoisotopic (exact) mass is 355 g/mol. The van der Waals surface area contributed by atoms with Gasteiger partial charge in [0.25, 0.3) is 5.69 Å². The highest BCUT2D eigenvalue weighted by Crippen LogP contribution is 2.22. The molecule has 126 valence electrons. The number of carbonyl (C=O) groups is 1. The summed E-state index contributed by atoms with van der Waals surface area (Å²) in [4.78, 5) is 26.6. The number of benzene rings is 1. The first-order chi connectivity index (χ1) is 12.1. The van der Waals surface area contributed by atoms with Gasteiger partial charge in [-0.1, -0.05) is 17.8 Å². The second-order valence-corrected chi connectivity index (χ2v) is 6.04. The number of nitro groups is 1. The molecular formula is C16H13N5O3S. The van der Waals surface area contributed by atoms with E-state index in [2.05, 4.69) is 15.2 Å². The van der Waals surface area contributed by atoms with E-state index in [1.165, 1.54) is 36.0 Å². The lowest BCUT2D eigenvalue weighted by molar-refractivity contribution is -0.384. The Morgan fingerprint density at radius 1 is 1.20 bits per heavy atom. The molecule has 0 atom stereocenters. The third-order valence-corrected chi connectivity index (χ3v) is 4.48. The summed E-state index contributed by atoms with van der Waals surface area (Å²) >= 11 is 1.25. The van der Waals surface area contributed by atoms with E-state index >= 15 is 0 Å². The largest absolute Gasteiger partial charge is 0.304 e. The zero-order valence-electron chi connectivity index (χ0n) is 13.2. The molecule has 9 heteroatoms. The summed E-state index contributed by atoms with van der Waals surface area (Å²) in [6.07, 6.45) is 1.68. The Bertz CT molecular complexity index is 909. The molecule has 0 aliphatic heterocycles. The van der Waals surface area contributed by atoms with Gasteiger partial charge in [-0.15, -0.1) is 10.2 Å². The van der Waals surface area contributed by atoms with Crippen LogP contribution in [0.15, 0.2) is 53.8 Å². The smallest absolute Gasteiger partial charge is 0.269 e. The maximum Gasteiger partial charge on any atom is 0.269 e. The molecule has 0 fully saturated rings. The number of ketones is 1. The van der Waals surface area contributed by atoms with Crippen molar-refractivity contribution < 1.29 is 9.72 Å². The van der Waals surface area contributed by atoms with Gasteiger partial charge in [0.15, 0.2) is 16.8 Å². The van der Waals surface area contributed by atoms with Crippen molar-refractivity contribution in [2.24, 2.45) is 7.05 Å². The molecule has 2 heterocycles. The predicted molar refractivity (Wildman–Crippen MR) is 92.4 cm³/mol. The van der Waals surface area contributed by atoms with Crippen LogP contribution in [0.5, 0.6) is 0 Å². The molecule has 2 aromatic heterocycles. The van der Waals surface area contributed by atoms with Gasteiger partial charge in [-0.05, 0) is 24.3 Å². The lowest BCUT2D eigenvalue weighted by Crippen LogP contribution is -2.04. The third kappa shape index (κ3) is 3.72. The zero-order chi connectivity index (χ0) is 17.8. The van der Waals surface area contributed by atoms with Gasteiger partial charge in [-0.25, -0.2) is 0 Å². The number of Topliss-reactive ketones (excluding diaryl/α,β-unsaturated/α-hetero) is 1. The maximum atomic E-state index is 12.2. The van der Waals surface area contributed by atoms with Crippen LogP contribution in [0.1, 0.15) is 10.4 Å². The van der Waals surface area contributed by atoms with E-state index in [1.54, 1.807) is 10.8 Å². The van der Waals surface area contributed by atoms with Gasteiger partial charge in [0.2, 0.25) is 0 Å². The van der Waals surface area contributed by atoms with Crippen molar-refractivity contribution in [2.45, 2.75) is 5.16 Å². The van der Waals surface area contributed by atoms with E-state index in [-0.39, 0.29) is 17.2 Å². The molecule has 25 heavy (non-hydrogen) atoms. The Labute approximate surface area is 147 Å². The van der Waals surface area contributed by atoms with Crippen LogP contribution in [0, 0.1) is 10.1 Å². The van der Waals surface area contributed by atoms with Crippen LogP contribution in [0.3, 0.4) is 0 Å². The van der Waals surface area contributed by atoms with Crippen molar-refractivity contribution in [3.05, 3.63) is 64.3 Å². The van der Waals surface area contributed by atoms with Gasteiger partial charge in [0.05, 0.1) is 10.7 Å². The second kappa shape index (κ2) is 7.22. The summed E-state index contributed by atoms with van der Waals surface area (Å²) in [7, 11) is 1.81. The first-order valence-electron chi connectivity index (χ1n) is 7.27. The molecule has 0 spiro atoms. The summed E-state index contributed by atoms with van der Waals surface area (Å²) in [6, 6.07) is 11.1. The number of thioether (sulfide) groups is 1. The van der Waals surface area contributed by atoms with Crippen LogP contribution in [0.2, 0.25) is 0 Å². The SMILES string of the molecule is Cn1c(SCC(=O)c2ccc([N+](=O)[O-])cc2)nnc1-c1ccccn1. The maximum absolute atomic E-state index is 12.2. The van der Waals surface area contributed by atoms with E-state index in [4.69, 9.17) is 0 Å². The minimum absolute atomic E-state index is 0.0440. The number of hydrogen-bond acceptors (Lipinski definition) is 7. The van der Waals surface area contributed by atoms with E-state index in [0.29, 0.717) is 22.2 Å². The van der Waals surface area contributed by atoms with Gasteiger partial charge in [0.1, 0.15) is 5.69 Å². The summed E-state index contributed by atoms with van der Waals surface area (Å²) < 4.78 is 1.77. The number of nitrogens with zero attached hydrogens (tertiary/aromatic N) is 5. The molecule has 0 unspecified atom stereocenters. The van der Waals surface area contributed by atoms with Gasteiger partial charge < -0.3 is 4.57 Å². The molecule has 0 saturated carbocycles. The van der Waals surface area contributed by atoms with E-state index in [1.807, 2.05) is 25.2 Å². The van der Waals surface area contributed by atoms with Crippen molar-refractivity contribution in [1.29, 1.82) is 0 Å². The lowest BCUT2D eigenvalue weighted by atomic mass is 10.1. The highest BCUT2D eigenvalue weighted by Gasteiger charge is 2.15. The fraction of sp³-hybridized carbons (Fsp3) is 0.125. The van der Waals surface area contributed by atoms with Crippen molar-refractivity contribution in [1.82, 2.24) is 19.7 Å². The number of non-ortho nitro benzene ring substituents is 1. The van der Waals surface area contributed by atoms with Gasteiger partial charge in [-0.3, -0.25) is 19.9 Å². The van der Waals surface area contributed by atoms with Crippen molar-refractivity contribution >= 4 is 23.2 Å². The predicted octanol–water partition coefficient (Wildman–Crippen LogP) is 2.76. The first kappa shape index (κ1) is 16.8. The molecule has 0 saturated heterocycles. The van der Waals surface area contributed by atoms with Crippen LogP contribution in [-0.2, 0) is 7.05 Å². The van der Waals surface area contributed by atoms with Gasteiger partial charge in [0, 0.05) is 30.9 Å². The standard InChI is InChI=1S/C16H13N5O3S/c1-20-15(13-4-2-3-9-17-13)18-19-16(20)25-10-14(22)11-5-7-12(8-6-11)21(23)24/h2-9H,10H2,1H3. The molecule has 0 N–H and O–H groups in total. The average molecular weight is 355 g/mol. The minimum atomic E-state index is -0.498. The van der Waals surface area contributed by atoms with Crippen LogP contribution in [0.25, 0.3) is 11.5 Å². The molecule has 0 aliphatic carbocycles. The Morgan fingerprint density at radius 3 is 2.60 bits per heavy atom. The van der Waals surface area contributed by atoms with Crippen molar-refractivity contribution in [3.8, 4) is 11.5 Å². The van der Waals surface area contributed by atoms with E-state index < -0.39 is 4.92 Å². The molecule has 0 amide bonds. The average Bonchev–Trinajstić information content (AvgIpc) is 3.01. The fourth-order valence-electron chi connectivity index (χ4n) is 2.14. The minimum Gasteiger partial charge on any atom is -0.304 e. The number of rotatable bonds is 6. The van der Waals surface area contributed by atoms with E-state index in [0.717, 1.165) is 0 Å². The van der Waals surface area contributed by atoms with Crippen LogP contribution in [-0.4, -0.2) is 36.2 Å². The fourth-order valence-corrected chi connectivity index (χ4v) is 2.95. The highest BCUT2D eigenvalue weighted by atomic mass is 32.2. The first-order valence-corrected chi connectivity index (χ1v) is 8.26. The number of carbonyl (C=O) groups excluding carboxylic acids is 1. The Balaban J connectivity index is 1.68. The van der Waals surface area contributed by atoms with Crippen LogP contribution >= 0.6 is 11.8 Å². The van der Waals surface area contributed by atoms with Crippen LogP contribution in [0.4, 0.5) is 5.69 Å². The molecule has 3 aromatic rings. The molecular weight excluding hydrogens is 342 g/mol. The number of hydrogen-bond donors (Lipinski definition) is 0. The molecule has 8 nitrogen and oxygen atoms in total. The summed E-state index contributed by atoms with van der Waals surface area (Å²) in [6.45, 7) is 0. The third-order valence-electron chi connectivity index (χ3n) is 3.46. The topological polar surface area (TPSA) is 104 Å². The van der Waals surface area contributed by atoms with Crippen molar-refractivity contribution in [2.75, 3.05) is 5.75 Å². The van der Waals surface area contributed by atoms with Gasteiger partial charge in [-0.2, -0.15) is 0 Å². The zero-order valence-corrected chi connectivity index (χ0v) is 14.0. The summed E-state index contributed by atoms with van der Waals surface area (Å²) in [5.41, 5.74) is 1.08. The molecule has 3 rings (SSSR count). The Kier molecular flexibility index (Phi) is 4.85. The number of nitro benzene ring substituents is 1. The number of aromatic nitrogens is 4.